The minimum atomic E-state index is -3.04. The van der Waals surface area contributed by atoms with Gasteiger partial charge in [0.15, 0.2) is 20.6 Å². The Balaban J connectivity index is 1.76. The second-order valence-corrected chi connectivity index (χ2v) is 10.3. The fourth-order valence-corrected chi connectivity index (χ4v) is 5.95. The van der Waals surface area contributed by atoms with Crippen LogP contribution in [-0.2, 0) is 14.6 Å². The van der Waals surface area contributed by atoms with Gasteiger partial charge in [-0.25, -0.2) is 8.42 Å². The highest BCUT2D eigenvalue weighted by Gasteiger charge is 2.34. The van der Waals surface area contributed by atoms with Crippen LogP contribution < -0.4 is 0 Å². The van der Waals surface area contributed by atoms with Crippen molar-refractivity contribution in [3.8, 4) is 0 Å². The molecule has 11 heteroatoms. The average molecular weight is 423 g/mol. The summed E-state index contributed by atoms with van der Waals surface area (Å²) < 4.78 is 24.9. The van der Waals surface area contributed by atoms with Crippen LogP contribution in [-0.4, -0.2) is 63.7 Å². The largest absolute Gasteiger partial charge is 0.341 e. The summed E-state index contributed by atoms with van der Waals surface area (Å²) in [5, 5.41) is 8.92. The van der Waals surface area contributed by atoms with Gasteiger partial charge in [0.2, 0.25) is 5.91 Å². The number of sulfone groups is 1. The van der Waals surface area contributed by atoms with E-state index in [0.717, 1.165) is 0 Å². The van der Waals surface area contributed by atoms with E-state index in [-0.39, 0.29) is 23.5 Å². The predicted molar refractivity (Wildman–Crippen MR) is 98.2 cm³/mol. The first kappa shape index (κ1) is 18.8. The summed E-state index contributed by atoms with van der Waals surface area (Å²) in [7, 11) is -1.41. The lowest BCUT2D eigenvalue weighted by Gasteiger charge is -2.26. The quantitative estimate of drug-likeness (QED) is 0.701. The number of carbonyl (C=O) groups is 1. The Labute approximate surface area is 159 Å². The molecule has 1 fully saturated rings. The monoisotopic (exact) mass is 422 g/mol. The fraction of sp³-hybridized carbons (Fsp3) is 0.500. The molecule has 2 atom stereocenters. The molecule has 0 aromatic carbocycles. The molecular weight excluding hydrogens is 407 g/mol. The summed E-state index contributed by atoms with van der Waals surface area (Å²) in [6.07, 6.45) is 2.11. The first-order chi connectivity index (χ1) is 11.7. The van der Waals surface area contributed by atoms with E-state index in [1.54, 1.807) is 30.6 Å². The predicted octanol–water partition coefficient (Wildman–Crippen LogP) is 2.16. The van der Waals surface area contributed by atoms with Crippen LogP contribution in [0.2, 0.25) is 10.0 Å². The van der Waals surface area contributed by atoms with Crippen molar-refractivity contribution >= 4 is 56.4 Å². The van der Waals surface area contributed by atoms with E-state index < -0.39 is 15.1 Å². The summed E-state index contributed by atoms with van der Waals surface area (Å²) >= 11 is 13.3. The second-order valence-electron chi connectivity index (χ2n) is 5.95. The van der Waals surface area contributed by atoms with Gasteiger partial charge in [-0.05, 0) is 19.4 Å². The number of thioether (sulfide) groups is 1. The maximum absolute atomic E-state index is 12.6. The van der Waals surface area contributed by atoms with Gasteiger partial charge < -0.3 is 4.90 Å². The van der Waals surface area contributed by atoms with Crippen molar-refractivity contribution in [2.45, 2.75) is 29.8 Å². The number of hydrogen-bond acceptors (Lipinski definition) is 6. The molecule has 3 heterocycles. The Bertz CT molecular complexity index is 932. The molecule has 3 rings (SSSR count). The van der Waals surface area contributed by atoms with Gasteiger partial charge in [0, 0.05) is 19.3 Å². The van der Waals surface area contributed by atoms with E-state index in [0.29, 0.717) is 27.3 Å². The highest BCUT2D eigenvalue weighted by molar-refractivity contribution is 8.00. The lowest BCUT2D eigenvalue weighted by atomic mass is 10.2. The molecule has 1 aliphatic heterocycles. The third-order valence-corrected chi connectivity index (χ3v) is 7.41. The van der Waals surface area contributed by atoms with E-state index in [2.05, 4.69) is 10.2 Å². The maximum atomic E-state index is 12.6. The number of carbonyl (C=O) groups excluding carboxylic acids is 1. The van der Waals surface area contributed by atoms with Gasteiger partial charge >= 0.3 is 0 Å². The summed E-state index contributed by atoms with van der Waals surface area (Å²) in [6, 6.07) is 1.30. The van der Waals surface area contributed by atoms with Crippen molar-refractivity contribution in [3.05, 3.63) is 22.3 Å². The topological polar surface area (TPSA) is 84.6 Å². The number of pyridine rings is 1. The number of fused-ring (bicyclic) bond motifs is 1. The second kappa shape index (κ2) is 6.94. The van der Waals surface area contributed by atoms with Crippen LogP contribution in [0.25, 0.3) is 5.65 Å². The first-order valence-corrected chi connectivity index (χ1v) is 11.0. The Kier molecular flexibility index (Phi) is 5.21. The highest BCUT2D eigenvalue weighted by Crippen LogP contribution is 2.28. The molecule has 1 amide bonds. The van der Waals surface area contributed by atoms with Crippen molar-refractivity contribution in [2.24, 2.45) is 0 Å². The van der Waals surface area contributed by atoms with Crippen LogP contribution in [0.4, 0.5) is 0 Å². The molecule has 2 aromatic rings. The van der Waals surface area contributed by atoms with E-state index in [4.69, 9.17) is 23.2 Å². The van der Waals surface area contributed by atoms with Gasteiger partial charge in [0.05, 0.1) is 26.8 Å². The van der Waals surface area contributed by atoms with E-state index in [1.165, 1.54) is 16.7 Å². The molecule has 136 valence electrons. The van der Waals surface area contributed by atoms with Gasteiger partial charge in [-0.3, -0.25) is 9.20 Å². The van der Waals surface area contributed by atoms with Crippen LogP contribution in [0, 0.1) is 0 Å². The van der Waals surface area contributed by atoms with Gasteiger partial charge in [-0.15, -0.1) is 10.2 Å². The number of amides is 1. The minimum Gasteiger partial charge on any atom is -0.341 e. The third-order valence-electron chi connectivity index (χ3n) is 4.13. The molecule has 0 radical (unpaired) electrons. The zero-order chi connectivity index (χ0) is 18.4. The molecular formula is C14H16Cl2N4O3S2. The molecule has 7 nitrogen and oxygen atoms in total. The molecule has 0 saturated carbocycles. The third kappa shape index (κ3) is 3.89. The minimum absolute atomic E-state index is 0.0195. The maximum Gasteiger partial charge on any atom is 0.235 e. The van der Waals surface area contributed by atoms with Crippen molar-refractivity contribution < 1.29 is 13.2 Å². The van der Waals surface area contributed by atoms with E-state index in [1.807, 2.05) is 0 Å². The summed E-state index contributed by atoms with van der Waals surface area (Å²) in [6.45, 7) is 1.75. The van der Waals surface area contributed by atoms with Crippen molar-refractivity contribution in [1.29, 1.82) is 0 Å². The van der Waals surface area contributed by atoms with Crippen LogP contribution in [0.1, 0.15) is 13.3 Å². The molecule has 0 unspecified atom stereocenters. The molecule has 0 aliphatic carbocycles. The molecule has 2 aromatic heterocycles. The summed E-state index contributed by atoms with van der Waals surface area (Å²) in [4.78, 5) is 14.2. The van der Waals surface area contributed by atoms with Crippen molar-refractivity contribution in [2.75, 3.05) is 18.6 Å². The van der Waals surface area contributed by atoms with Gasteiger partial charge in [0.1, 0.15) is 0 Å². The summed E-state index contributed by atoms with van der Waals surface area (Å²) in [5.74, 6) is -0.00843. The average Bonchev–Trinajstić information content (AvgIpc) is 3.09. The lowest BCUT2D eigenvalue weighted by Crippen LogP contribution is -2.41. The van der Waals surface area contributed by atoms with Gasteiger partial charge in [0.25, 0.3) is 0 Å². The van der Waals surface area contributed by atoms with Crippen LogP contribution >= 0.6 is 35.0 Å². The Morgan fingerprint density at radius 2 is 2.16 bits per heavy atom. The molecule has 1 saturated heterocycles. The van der Waals surface area contributed by atoms with E-state index in [9.17, 15) is 13.2 Å². The lowest BCUT2D eigenvalue weighted by molar-refractivity contribution is -0.130. The number of hydrogen-bond donors (Lipinski definition) is 0. The van der Waals surface area contributed by atoms with Gasteiger partial charge in [-0.2, -0.15) is 0 Å². The Hall–Kier alpha value is -1.03. The first-order valence-electron chi connectivity index (χ1n) is 7.51. The zero-order valence-electron chi connectivity index (χ0n) is 13.5. The summed E-state index contributed by atoms with van der Waals surface area (Å²) in [5.41, 5.74) is 0.462. The van der Waals surface area contributed by atoms with Crippen LogP contribution in [0.5, 0.6) is 0 Å². The number of halogens is 2. The smallest absolute Gasteiger partial charge is 0.235 e. The van der Waals surface area contributed by atoms with Gasteiger partial charge in [-0.1, -0.05) is 35.0 Å². The van der Waals surface area contributed by atoms with Crippen LogP contribution in [0.3, 0.4) is 0 Å². The van der Waals surface area contributed by atoms with Crippen molar-refractivity contribution in [3.63, 3.8) is 0 Å². The number of aromatic nitrogens is 3. The Morgan fingerprint density at radius 3 is 2.80 bits per heavy atom. The number of rotatable bonds is 4. The molecule has 0 spiro atoms. The van der Waals surface area contributed by atoms with E-state index >= 15 is 0 Å². The zero-order valence-corrected chi connectivity index (χ0v) is 16.7. The highest BCUT2D eigenvalue weighted by atomic mass is 35.5. The molecule has 1 aliphatic rings. The SMILES string of the molecule is C[C@@H](Sc1nnc2c(Cl)cc(Cl)cn12)C(=O)N(C)[C@H]1CCS(=O)(=O)C1. The molecule has 0 N–H and O–H groups in total. The number of nitrogens with zero attached hydrogens (tertiary/aromatic N) is 4. The standard InChI is InChI=1S/C14H16Cl2N4O3S2/c1-8(13(21)19(2)10-3-4-25(22,23)7-10)24-14-18-17-12-11(16)5-9(15)6-20(12)14/h5-6,8,10H,3-4,7H2,1-2H3/t8-,10+/m1/s1. The normalized spacial score (nSPS) is 20.7. The van der Waals surface area contributed by atoms with Crippen LogP contribution in [0.15, 0.2) is 17.4 Å². The fourth-order valence-electron chi connectivity index (χ4n) is 2.74. The Morgan fingerprint density at radius 1 is 1.44 bits per heavy atom. The van der Waals surface area contributed by atoms with Crippen molar-refractivity contribution in [1.82, 2.24) is 19.5 Å². The molecule has 25 heavy (non-hydrogen) atoms. The molecule has 0 bridgehead atoms.